The maximum absolute atomic E-state index is 8.48. The van der Waals surface area contributed by atoms with E-state index in [0.717, 1.165) is 12.6 Å². The maximum atomic E-state index is 8.48. The van der Waals surface area contributed by atoms with Crippen molar-refractivity contribution >= 4 is 11.6 Å². The first-order valence-electron chi connectivity index (χ1n) is 5.20. The van der Waals surface area contributed by atoms with Gasteiger partial charge >= 0.3 is 0 Å². The third-order valence-electron chi connectivity index (χ3n) is 2.90. The number of alkyl halides is 1. The number of piperidine rings is 1. The summed E-state index contributed by atoms with van der Waals surface area (Å²) in [5, 5.41) is 8.97. The quantitative estimate of drug-likeness (QED) is 0.733. The fourth-order valence-corrected chi connectivity index (χ4v) is 2.26. The van der Waals surface area contributed by atoms with E-state index < -0.39 is 0 Å². The van der Waals surface area contributed by atoms with Gasteiger partial charge in [-0.1, -0.05) is 6.07 Å². The van der Waals surface area contributed by atoms with Gasteiger partial charge in [0.1, 0.15) is 0 Å². The number of hydrogen-bond acceptors (Lipinski definition) is 3. The first kappa shape index (κ1) is 10.9. The first-order chi connectivity index (χ1) is 7.31. The highest BCUT2D eigenvalue weighted by molar-refractivity contribution is 6.22. The second kappa shape index (κ2) is 4.92. The number of halogens is 1. The van der Waals surface area contributed by atoms with Gasteiger partial charge in [0.05, 0.1) is 17.7 Å². The van der Waals surface area contributed by atoms with Crippen LogP contribution in [0.25, 0.3) is 0 Å². The van der Waals surface area contributed by atoms with Gasteiger partial charge in [-0.2, -0.15) is 0 Å². The molecule has 15 heavy (non-hydrogen) atoms. The van der Waals surface area contributed by atoms with Gasteiger partial charge < -0.3 is 5.11 Å². The van der Waals surface area contributed by atoms with Crippen LogP contribution in [0.3, 0.4) is 0 Å². The largest absolute Gasteiger partial charge is 0.390 e. The lowest BCUT2D eigenvalue weighted by molar-refractivity contribution is 0.00332. The van der Waals surface area contributed by atoms with E-state index in [9.17, 15) is 0 Å². The predicted octanol–water partition coefficient (Wildman–Crippen LogP) is 1.26. The summed E-state index contributed by atoms with van der Waals surface area (Å²) in [6.07, 6.45) is 3.00. The molecule has 0 aromatic carbocycles. The fourth-order valence-electron chi connectivity index (χ4n) is 1.80. The Morgan fingerprint density at radius 2 is 2.40 bits per heavy atom. The van der Waals surface area contributed by atoms with Gasteiger partial charge in [-0.3, -0.25) is 9.88 Å². The van der Waals surface area contributed by atoms with Crippen molar-refractivity contribution in [2.45, 2.75) is 24.4 Å². The van der Waals surface area contributed by atoms with E-state index in [4.69, 9.17) is 16.7 Å². The van der Waals surface area contributed by atoms with Crippen molar-refractivity contribution in [2.24, 2.45) is 0 Å². The van der Waals surface area contributed by atoms with Crippen molar-refractivity contribution in [3.05, 3.63) is 30.1 Å². The molecular formula is C11H15ClN2O. The van der Waals surface area contributed by atoms with E-state index in [-0.39, 0.29) is 6.61 Å². The van der Waals surface area contributed by atoms with Gasteiger partial charge in [0.25, 0.3) is 0 Å². The van der Waals surface area contributed by atoms with Gasteiger partial charge in [0, 0.05) is 25.3 Å². The lowest BCUT2D eigenvalue weighted by Gasteiger charge is -2.53. The third kappa shape index (κ3) is 2.48. The molecule has 3 heterocycles. The SMILES string of the molecule is ClC1CN2CCC12.OCc1ccccn1. The number of aliphatic hydroxyl groups is 1. The average Bonchev–Trinajstić information content (AvgIpc) is 2.27. The Balaban J connectivity index is 0.000000114. The molecule has 2 atom stereocenters. The molecule has 82 valence electrons. The molecule has 1 aromatic rings. The van der Waals surface area contributed by atoms with E-state index in [1.165, 1.54) is 13.0 Å². The van der Waals surface area contributed by atoms with Crippen LogP contribution in [-0.4, -0.2) is 39.5 Å². The maximum Gasteiger partial charge on any atom is 0.0852 e. The van der Waals surface area contributed by atoms with Crippen LogP contribution >= 0.6 is 11.6 Å². The summed E-state index contributed by atoms with van der Waals surface area (Å²) in [6, 6.07) is 6.22. The van der Waals surface area contributed by atoms with Gasteiger partial charge in [0.15, 0.2) is 0 Å². The van der Waals surface area contributed by atoms with Crippen molar-refractivity contribution in [2.75, 3.05) is 13.1 Å². The van der Waals surface area contributed by atoms with E-state index in [1.54, 1.807) is 12.3 Å². The highest BCUT2D eigenvalue weighted by Gasteiger charge is 2.43. The number of aromatic nitrogens is 1. The molecule has 2 aliphatic rings. The Kier molecular flexibility index (Phi) is 3.57. The Morgan fingerprint density at radius 1 is 1.53 bits per heavy atom. The Morgan fingerprint density at radius 3 is 2.60 bits per heavy atom. The minimum atomic E-state index is 0.0286. The van der Waals surface area contributed by atoms with Gasteiger partial charge in [-0.05, 0) is 18.6 Å². The molecule has 0 radical (unpaired) electrons. The molecular weight excluding hydrogens is 212 g/mol. The first-order valence-corrected chi connectivity index (χ1v) is 5.64. The number of pyridine rings is 1. The predicted molar refractivity (Wildman–Crippen MR) is 59.8 cm³/mol. The second-order valence-electron chi connectivity index (χ2n) is 3.85. The van der Waals surface area contributed by atoms with Crippen LogP contribution < -0.4 is 0 Å². The molecule has 2 saturated heterocycles. The molecule has 0 bridgehead atoms. The normalized spacial score (nSPS) is 27.9. The lowest BCUT2D eigenvalue weighted by Crippen LogP contribution is -2.65. The summed E-state index contributed by atoms with van der Waals surface area (Å²) in [6.45, 7) is 2.47. The molecule has 0 amide bonds. The Labute approximate surface area is 94.7 Å². The van der Waals surface area contributed by atoms with Crippen molar-refractivity contribution in [1.82, 2.24) is 9.88 Å². The number of hydrogen-bond donors (Lipinski definition) is 1. The second-order valence-corrected chi connectivity index (χ2v) is 4.41. The van der Waals surface area contributed by atoms with Crippen molar-refractivity contribution in [1.29, 1.82) is 0 Å². The summed E-state index contributed by atoms with van der Waals surface area (Å²) in [4.78, 5) is 6.26. The van der Waals surface area contributed by atoms with Crippen LogP contribution in [0.2, 0.25) is 0 Å². The molecule has 3 nitrogen and oxygen atoms in total. The lowest BCUT2D eigenvalue weighted by atomic mass is 9.90. The third-order valence-corrected chi connectivity index (χ3v) is 3.32. The Hall–Kier alpha value is -0.640. The summed E-state index contributed by atoms with van der Waals surface area (Å²) < 4.78 is 0. The van der Waals surface area contributed by atoms with Gasteiger partial charge in [-0.25, -0.2) is 0 Å². The highest BCUT2D eigenvalue weighted by Crippen LogP contribution is 2.33. The van der Waals surface area contributed by atoms with Crippen LogP contribution in [-0.2, 0) is 6.61 Å². The van der Waals surface area contributed by atoms with Gasteiger partial charge in [-0.15, -0.1) is 11.6 Å². The van der Waals surface area contributed by atoms with Gasteiger partial charge in [0.2, 0.25) is 0 Å². The number of nitrogens with zero attached hydrogens (tertiary/aromatic N) is 2. The Bertz CT molecular complexity index is 303. The van der Waals surface area contributed by atoms with Crippen LogP contribution in [0.5, 0.6) is 0 Å². The van der Waals surface area contributed by atoms with E-state index >= 15 is 0 Å². The standard InChI is InChI=1S/C6H7NO.C5H8ClN/c8-5-6-3-1-2-4-7-6;6-4-3-7-2-1-5(4)7/h1-4,8H,5H2;4-5H,1-3H2. The molecule has 1 N–H and O–H groups in total. The minimum Gasteiger partial charge on any atom is -0.390 e. The number of rotatable bonds is 1. The average molecular weight is 227 g/mol. The number of aliphatic hydroxyl groups excluding tert-OH is 1. The molecule has 3 rings (SSSR count). The zero-order valence-electron chi connectivity index (χ0n) is 8.51. The molecule has 1 aromatic heterocycles. The summed E-state index contributed by atoms with van der Waals surface area (Å²) >= 11 is 5.80. The van der Waals surface area contributed by atoms with Crippen LogP contribution in [0.4, 0.5) is 0 Å². The number of fused-ring (bicyclic) bond motifs is 1. The molecule has 0 spiro atoms. The minimum absolute atomic E-state index is 0.0286. The van der Waals surface area contributed by atoms with Crippen LogP contribution in [0, 0.1) is 0 Å². The van der Waals surface area contributed by atoms with Crippen molar-refractivity contribution in [3.8, 4) is 0 Å². The summed E-state index contributed by atoms with van der Waals surface area (Å²) in [5.74, 6) is 0. The zero-order valence-corrected chi connectivity index (χ0v) is 9.27. The monoisotopic (exact) mass is 226 g/mol. The smallest absolute Gasteiger partial charge is 0.0852 e. The van der Waals surface area contributed by atoms with E-state index in [1.807, 2.05) is 12.1 Å². The zero-order chi connectivity index (χ0) is 10.7. The topological polar surface area (TPSA) is 36.4 Å². The van der Waals surface area contributed by atoms with Crippen LogP contribution in [0.1, 0.15) is 12.1 Å². The molecule has 2 fully saturated rings. The molecule has 4 heteroatoms. The van der Waals surface area contributed by atoms with Crippen LogP contribution in [0.15, 0.2) is 24.4 Å². The van der Waals surface area contributed by atoms with Crippen molar-refractivity contribution < 1.29 is 5.11 Å². The summed E-state index contributed by atoms with van der Waals surface area (Å²) in [7, 11) is 0. The molecule has 2 unspecified atom stereocenters. The highest BCUT2D eigenvalue weighted by atomic mass is 35.5. The fraction of sp³-hybridized carbons (Fsp3) is 0.545. The summed E-state index contributed by atoms with van der Waals surface area (Å²) in [5.41, 5.74) is 0.715. The molecule has 0 saturated carbocycles. The van der Waals surface area contributed by atoms with E-state index in [0.29, 0.717) is 11.1 Å². The molecule has 0 aliphatic carbocycles. The molecule has 2 aliphatic heterocycles. The van der Waals surface area contributed by atoms with E-state index in [2.05, 4.69) is 9.88 Å². The van der Waals surface area contributed by atoms with Crippen molar-refractivity contribution in [3.63, 3.8) is 0 Å².